The third kappa shape index (κ3) is 5.24. The van der Waals surface area contributed by atoms with Crippen molar-refractivity contribution in [1.29, 1.82) is 0 Å². The lowest BCUT2D eigenvalue weighted by atomic mass is 10.1. The first-order chi connectivity index (χ1) is 10.7. The quantitative estimate of drug-likeness (QED) is 0.574. The van der Waals surface area contributed by atoms with E-state index in [0.29, 0.717) is 6.61 Å². The van der Waals surface area contributed by atoms with Crippen LogP contribution in [0.25, 0.3) is 0 Å². The Morgan fingerprint density at radius 1 is 1.41 bits per heavy atom. The molecule has 1 aliphatic heterocycles. The second-order valence-corrected chi connectivity index (χ2v) is 5.34. The summed E-state index contributed by atoms with van der Waals surface area (Å²) >= 11 is 0. The molecule has 120 valence electrons. The lowest BCUT2D eigenvalue weighted by Crippen LogP contribution is -2.23. The van der Waals surface area contributed by atoms with Gasteiger partial charge in [-0.2, -0.15) is 0 Å². The molecule has 5 nitrogen and oxygen atoms in total. The average Bonchev–Trinajstić information content (AvgIpc) is 3.03. The van der Waals surface area contributed by atoms with Crippen molar-refractivity contribution < 1.29 is 19.0 Å². The molecule has 3 atom stereocenters. The number of esters is 1. The molecule has 0 saturated carbocycles. The Kier molecular flexibility index (Phi) is 6.55. The summed E-state index contributed by atoms with van der Waals surface area (Å²) in [5, 5.41) is 0. The molecule has 1 fully saturated rings. The molecule has 0 amide bonds. The van der Waals surface area contributed by atoms with E-state index in [-0.39, 0.29) is 30.8 Å². The zero-order valence-corrected chi connectivity index (χ0v) is 13.1. The molecule has 0 aliphatic carbocycles. The maximum atomic E-state index is 11.7. The minimum atomic E-state index is -0.276. The summed E-state index contributed by atoms with van der Waals surface area (Å²) in [7, 11) is 1.64. The third-order valence-electron chi connectivity index (χ3n) is 3.66. The number of hydrogen-bond donors (Lipinski definition) is 0. The molecule has 1 aromatic rings. The number of hydrogen-bond acceptors (Lipinski definition) is 5. The van der Waals surface area contributed by atoms with Crippen LogP contribution < -0.4 is 0 Å². The van der Waals surface area contributed by atoms with Crippen molar-refractivity contribution in [3.63, 3.8) is 0 Å². The first-order valence-electron chi connectivity index (χ1n) is 7.58. The van der Waals surface area contributed by atoms with E-state index in [2.05, 4.69) is 4.99 Å². The minimum absolute atomic E-state index is 0.0158. The summed E-state index contributed by atoms with van der Waals surface area (Å²) in [6, 6.07) is 9.63. The Morgan fingerprint density at radius 3 is 2.86 bits per heavy atom. The Morgan fingerprint density at radius 2 is 2.18 bits per heavy atom. The van der Waals surface area contributed by atoms with E-state index in [4.69, 9.17) is 14.2 Å². The van der Waals surface area contributed by atoms with Gasteiger partial charge in [0.2, 0.25) is 0 Å². The molecule has 1 aliphatic rings. The fraction of sp³-hybridized carbons (Fsp3) is 0.529. The van der Waals surface area contributed by atoms with Gasteiger partial charge in [0.1, 0.15) is 6.61 Å². The van der Waals surface area contributed by atoms with Crippen LogP contribution in [0.4, 0.5) is 0 Å². The molecule has 2 rings (SSSR count). The number of nitrogens with zero attached hydrogens (tertiary/aromatic N) is 1. The molecule has 1 aromatic carbocycles. The standard InChI is InChI=1S/C17H23NO4/c1-13(15-8-9-17(20-2)22-15)18-11-10-16(19)21-12-14-6-4-3-5-7-14/h3-7,11,13,15,17H,8-10,12H2,1-2H3/b18-11+/t13-,15-,17+/m0/s1. The number of carbonyl (C=O) groups is 1. The van der Waals surface area contributed by atoms with Crippen molar-refractivity contribution >= 4 is 12.2 Å². The summed E-state index contributed by atoms with van der Waals surface area (Å²) in [5.41, 5.74) is 0.978. The first kappa shape index (κ1) is 16.6. The molecule has 0 unspecified atom stereocenters. The Balaban J connectivity index is 1.67. The Hall–Kier alpha value is -1.72. The monoisotopic (exact) mass is 305 g/mol. The SMILES string of the molecule is CO[C@H]1CC[C@@H]([C@H](C)/N=C/CC(=O)OCc2ccccc2)O1. The highest BCUT2D eigenvalue weighted by molar-refractivity contribution is 5.85. The Labute approximate surface area is 131 Å². The van der Waals surface area contributed by atoms with Crippen LogP contribution in [-0.4, -0.2) is 37.7 Å². The van der Waals surface area contributed by atoms with Crippen molar-refractivity contribution in [3.05, 3.63) is 35.9 Å². The zero-order chi connectivity index (χ0) is 15.8. The van der Waals surface area contributed by atoms with Crippen LogP contribution in [0.2, 0.25) is 0 Å². The van der Waals surface area contributed by atoms with Gasteiger partial charge in [0, 0.05) is 19.7 Å². The summed E-state index contributed by atoms with van der Waals surface area (Å²) in [6.45, 7) is 2.28. The van der Waals surface area contributed by atoms with E-state index in [1.807, 2.05) is 37.3 Å². The summed E-state index contributed by atoms with van der Waals surface area (Å²) in [6.07, 6.45) is 3.54. The van der Waals surface area contributed by atoms with Crippen LogP contribution in [-0.2, 0) is 25.6 Å². The summed E-state index contributed by atoms with van der Waals surface area (Å²) in [5.74, 6) is -0.276. The first-order valence-corrected chi connectivity index (χ1v) is 7.58. The predicted molar refractivity (Wildman–Crippen MR) is 83.7 cm³/mol. The van der Waals surface area contributed by atoms with Crippen molar-refractivity contribution in [3.8, 4) is 0 Å². The topological polar surface area (TPSA) is 57.1 Å². The van der Waals surface area contributed by atoms with Gasteiger partial charge in [-0.25, -0.2) is 0 Å². The maximum Gasteiger partial charge on any atom is 0.311 e. The second kappa shape index (κ2) is 8.66. The van der Waals surface area contributed by atoms with Crippen LogP contribution in [0.3, 0.4) is 0 Å². The number of methoxy groups -OCH3 is 1. The van der Waals surface area contributed by atoms with Gasteiger partial charge in [-0.15, -0.1) is 0 Å². The van der Waals surface area contributed by atoms with E-state index in [0.717, 1.165) is 18.4 Å². The molecule has 1 saturated heterocycles. The molecule has 0 N–H and O–H groups in total. The maximum absolute atomic E-state index is 11.7. The van der Waals surface area contributed by atoms with E-state index >= 15 is 0 Å². The highest BCUT2D eigenvalue weighted by atomic mass is 16.7. The average molecular weight is 305 g/mol. The third-order valence-corrected chi connectivity index (χ3v) is 3.66. The number of rotatable bonds is 7. The Bertz CT molecular complexity index is 489. The van der Waals surface area contributed by atoms with Crippen LogP contribution in [0.1, 0.15) is 31.7 Å². The zero-order valence-electron chi connectivity index (χ0n) is 13.1. The van der Waals surface area contributed by atoms with Gasteiger partial charge in [0.05, 0.1) is 18.6 Å². The summed E-state index contributed by atoms with van der Waals surface area (Å²) in [4.78, 5) is 16.0. The molecule has 0 spiro atoms. The highest BCUT2D eigenvalue weighted by Crippen LogP contribution is 2.23. The van der Waals surface area contributed by atoms with E-state index in [9.17, 15) is 4.79 Å². The van der Waals surface area contributed by atoms with Gasteiger partial charge in [0.25, 0.3) is 0 Å². The lowest BCUT2D eigenvalue weighted by Gasteiger charge is -2.15. The van der Waals surface area contributed by atoms with Crippen LogP contribution in [0, 0.1) is 0 Å². The molecule has 0 bridgehead atoms. The van der Waals surface area contributed by atoms with Crippen LogP contribution in [0.5, 0.6) is 0 Å². The van der Waals surface area contributed by atoms with Gasteiger partial charge in [-0.05, 0) is 18.9 Å². The fourth-order valence-corrected chi connectivity index (χ4v) is 2.35. The number of carbonyl (C=O) groups excluding carboxylic acids is 1. The van der Waals surface area contributed by atoms with E-state index in [1.54, 1.807) is 13.3 Å². The summed E-state index contributed by atoms with van der Waals surface area (Å²) < 4.78 is 16.0. The van der Waals surface area contributed by atoms with Crippen LogP contribution in [0.15, 0.2) is 35.3 Å². The van der Waals surface area contributed by atoms with Crippen LogP contribution >= 0.6 is 0 Å². The number of benzene rings is 1. The van der Waals surface area contributed by atoms with E-state index < -0.39 is 0 Å². The van der Waals surface area contributed by atoms with Crippen molar-refractivity contribution in [2.75, 3.05) is 7.11 Å². The fourth-order valence-electron chi connectivity index (χ4n) is 2.35. The molecule has 5 heteroatoms. The second-order valence-electron chi connectivity index (χ2n) is 5.34. The highest BCUT2D eigenvalue weighted by Gasteiger charge is 2.28. The van der Waals surface area contributed by atoms with Crippen molar-refractivity contribution in [2.24, 2.45) is 4.99 Å². The predicted octanol–water partition coefficient (Wildman–Crippen LogP) is 2.73. The van der Waals surface area contributed by atoms with Gasteiger partial charge < -0.3 is 14.2 Å². The van der Waals surface area contributed by atoms with Crippen molar-refractivity contribution in [2.45, 2.75) is 51.2 Å². The van der Waals surface area contributed by atoms with Gasteiger partial charge in [0.15, 0.2) is 6.29 Å². The van der Waals surface area contributed by atoms with Gasteiger partial charge in [-0.1, -0.05) is 30.3 Å². The van der Waals surface area contributed by atoms with Gasteiger partial charge in [-0.3, -0.25) is 9.79 Å². The molecule has 1 heterocycles. The normalized spacial score (nSPS) is 22.8. The van der Waals surface area contributed by atoms with Crippen molar-refractivity contribution in [1.82, 2.24) is 0 Å². The molecule has 22 heavy (non-hydrogen) atoms. The lowest BCUT2D eigenvalue weighted by molar-refractivity contribution is -0.143. The number of aliphatic imine (C=N–C) groups is 1. The molecular weight excluding hydrogens is 282 g/mol. The molecular formula is C17H23NO4. The molecule has 0 radical (unpaired) electrons. The minimum Gasteiger partial charge on any atom is -0.461 e. The smallest absolute Gasteiger partial charge is 0.311 e. The molecule has 0 aromatic heterocycles. The van der Waals surface area contributed by atoms with Gasteiger partial charge >= 0.3 is 5.97 Å². The van der Waals surface area contributed by atoms with E-state index in [1.165, 1.54) is 0 Å². The largest absolute Gasteiger partial charge is 0.461 e. The number of ether oxygens (including phenoxy) is 3.